The highest BCUT2D eigenvalue weighted by atomic mass is 16.4. The number of rotatable bonds is 10. The Kier molecular flexibility index (Phi) is 8.20. The van der Waals surface area contributed by atoms with E-state index in [0.717, 1.165) is 38.9 Å². The van der Waals surface area contributed by atoms with Gasteiger partial charge in [-0.3, -0.25) is 24.7 Å². The summed E-state index contributed by atoms with van der Waals surface area (Å²) >= 11 is 0. The Labute approximate surface area is 219 Å². The van der Waals surface area contributed by atoms with Crippen molar-refractivity contribution in [2.24, 2.45) is 10.7 Å². The summed E-state index contributed by atoms with van der Waals surface area (Å²) in [6, 6.07) is 15.2. The van der Waals surface area contributed by atoms with Crippen LogP contribution < -0.4 is 11.1 Å². The Morgan fingerprint density at radius 3 is 2.76 bits per heavy atom. The number of aliphatic carboxylic acids is 1. The number of nitrogens with zero attached hydrogens (tertiary/aromatic N) is 3. The van der Waals surface area contributed by atoms with Gasteiger partial charge < -0.3 is 16.2 Å². The van der Waals surface area contributed by atoms with Crippen LogP contribution in [0.15, 0.2) is 83.8 Å². The van der Waals surface area contributed by atoms with Gasteiger partial charge in [-0.1, -0.05) is 36.4 Å². The molecule has 9 nitrogen and oxygen atoms in total. The van der Waals surface area contributed by atoms with Crippen LogP contribution in [-0.4, -0.2) is 45.4 Å². The van der Waals surface area contributed by atoms with Crippen LogP contribution in [0, 0.1) is 0 Å². The molecule has 0 aliphatic rings. The zero-order chi connectivity index (χ0) is 27.1. The first-order chi connectivity index (χ1) is 18.4. The monoisotopic (exact) mass is 508 g/mol. The molecule has 9 heteroatoms. The molecule has 2 aromatic carbocycles. The van der Waals surface area contributed by atoms with E-state index >= 15 is 0 Å². The van der Waals surface area contributed by atoms with E-state index in [-0.39, 0.29) is 18.0 Å². The van der Waals surface area contributed by atoms with E-state index in [1.165, 1.54) is 0 Å². The Balaban J connectivity index is 1.57. The fourth-order valence-electron chi connectivity index (χ4n) is 4.07. The number of hydrogen-bond acceptors (Lipinski definition) is 6. The number of carbonyl (C=O) groups excluding carboxylic acids is 1. The van der Waals surface area contributed by atoms with Crippen molar-refractivity contribution in [1.29, 1.82) is 0 Å². The smallest absolute Gasteiger partial charge is 0.303 e. The summed E-state index contributed by atoms with van der Waals surface area (Å²) in [5, 5.41) is 19.7. The molecule has 0 bridgehead atoms. The highest BCUT2D eigenvalue weighted by Crippen LogP contribution is 2.26. The molecule has 192 valence electrons. The summed E-state index contributed by atoms with van der Waals surface area (Å²) < 4.78 is 0. The van der Waals surface area contributed by atoms with Crippen molar-refractivity contribution >= 4 is 40.8 Å². The van der Waals surface area contributed by atoms with Gasteiger partial charge in [-0.25, -0.2) is 0 Å². The van der Waals surface area contributed by atoms with Gasteiger partial charge in [0.05, 0.1) is 17.4 Å². The summed E-state index contributed by atoms with van der Waals surface area (Å²) in [5.41, 5.74) is 12.6. The molecule has 0 aliphatic heterocycles. The summed E-state index contributed by atoms with van der Waals surface area (Å²) in [7, 11) is 0. The van der Waals surface area contributed by atoms with Crippen LogP contribution in [0.5, 0.6) is 0 Å². The molecule has 0 unspecified atom stereocenters. The molecule has 4 rings (SSSR count). The van der Waals surface area contributed by atoms with Crippen molar-refractivity contribution in [3.8, 4) is 11.1 Å². The van der Waals surface area contributed by atoms with Crippen LogP contribution in [0.25, 0.3) is 27.6 Å². The standard InChI is InChI=1S/C29H28N6O3/c1-18(10-20(14-30)15-31-2)21-7-8-26-25(13-21)28(35-34-26)29(38)33-24-12-23(16-32-17-24)22-5-3-4-19(11-22)6-9-27(36)37/h3-5,7-8,10-13,15-17H,2,6,9,14,30H2,1H3,(H,33,38)(H,34,35)(H,36,37)/b18-10+,20-15+. The fourth-order valence-corrected chi connectivity index (χ4v) is 4.07. The van der Waals surface area contributed by atoms with Gasteiger partial charge in [-0.2, -0.15) is 5.10 Å². The lowest BCUT2D eigenvalue weighted by Gasteiger charge is -2.08. The van der Waals surface area contributed by atoms with Crippen LogP contribution in [0.4, 0.5) is 5.69 Å². The molecule has 0 spiro atoms. The molecule has 2 aromatic heterocycles. The maximum absolute atomic E-state index is 13.2. The first-order valence-electron chi connectivity index (χ1n) is 12.0. The summed E-state index contributed by atoms with van der Waals surface area (Å²) in [4.78, 5) is 32.2. The third kappa shape index (κ3) is 6.26. The number of aromatic amines is 1. The Hall–Kier alpha value is -4.89. The lowest BCUT2D eigenvalue weighted by atomic mass is 10.0. The van der Waals surface area contributed by atoms with Crippen LogP contribution in [0.1, 0.15) is 35.0 Å². The number of allylic oxidation sites excluding steroid dienone is 1. The molecule has 5 N–H and O–H groups in total. The maximum atomic E-state index is 13.2. The topological polar surface area (TPSA) is 146 Å². The number of aromatic nitrogens is 3. The normalized spacial score (nSPS) is 11.9. The number of fused-ring (bicyclic) bond motifs is 1. The number of carboxylic acid groups (broad SMARTS) is 1. The van der Waals surface area contributed by atoms with Gasteiger partial charge in [0.1, 0.15) is 0 Å². The van der Waals surface area contributed by atoms with Crippen molar-refractivity contribution < 1.29 is 14.7 Å². The Morgan fingerprint density at radius 1 is 1.16 bits per heavy atom. The third-order valence-electron chi connectivity index (χ3n) is 6.01. The lowest BCUT2D eigenvalue weighted by Crippen LogP contribution is -2.13. The van der Waals surface area contributed by atoms with Gasteiger partial charge in [0.25, 0.3) is 5.91 Å². The third-order valence-corrected chi connectivity index (χ3v) is 6.01. The fraction of sp³-hybridized carbons (Fsp3) is 0.138. The van der Waals surface area contributed by atoms with E-state index in [4.69, 9.17) is 10.8 Å². The number of benzene rings is 2. The predicted octanol–water partition coefficient (Wildman–Crippen LogP) is 4.84. The number of amides is 1. The van der Waals surface area contributed by atoms with Crippen molar-refractivity contribution in [3.05, 3.63) is 95.6 Å². The lowest BCUT2D eigenvalue weighted by molar-refractivity contribution is -0.136. The minimum Gasteiger partial charge on any atom is -0.481 e. The van der Waals surface area contributed by atoms with Crippen molar-refractivity contribution in [1.82, 2.24) is 15.2 Å². The zero-order valence-corrected chi connectivity index (χ0v) is 20.9. The van der Waals surface area contributed by atoms with Crippen LogP contribution in [0.3, 0.4) is 0 Å². The van der Waals surface area contributed by atoms with Gasteiger partial charge in [-0.05, 0) is 66.1 Å². The van der Waals surface area contributed by atoms with Crippen molar-refractivity contribution in [3.63, 3.8) is 0 Å². The quantitative estimate of drug-likeness (QED) is 0.178. The van der Waals surface area contributed by atoms with Gasteiger partial charge in [-0.15, -0.1) is 0 Å². The second-order valence-electron chi connectivity index (χ2n) is 8.76. The Morgan fingerprint density at radius 2 is 2.00 bits per heavy atom. The average Bonchev–Trinajstić information content (AvgIpc) is 3.35. The highest BCUT2D eigenvalue weighted by molar-refractivity contribution is 6.11. The second kappa shape index (κ2) is 11.9. The molecule has 38 heavy (non-hydrogen) atoms. The number of pyridine rings is 1. The second-order valence-corrected chi connectivity index (χ2v) is 8.76. The molecular formula is C29H28N6O3. The molecule has 0 radical (unpaired) electrons. The SMILES string of the molecule is C=N/C=C(\C=C(/C)c1ccc2[nH]nc(C(=O)Nc3cncc(-c4cccc(CCC(=O)O)c4)c3)c2c1)CN. The predicted molar refractivity (Wildman–Crippen MR) is 150 cm³/mol. The molecule has 0 saturated heterocycles. The number of nitrogens with one attached hydrogen (secondary N) is 2. The molecular weight excluding hydrogens is 480 g/mol. The van der Waals surface area contributed by atoms with E-state index in [1.807, 2.05) is 61.5 Å². The summed E-state index contributed by atoms with van der Waals surface area (Å²) in [6.07, 6.45) is 7.31. The molecule has 0 fully saturated rings. The van der Waals surface area contributed by atoms with E-state index in [0.29, 0.717) is 24.0 Å². The number of hydrogen-bond donors (Lipinski definition) is 4. The van der Waals surface area contributed by atoms with Crippen molar-refractivity contribution in [2.45, 2.75) is 19.8 Å². The number of carboxylic acids is 1. The van der Waals surface area contributed by atoms with Gasteiger partial charge in [0.15, 0.2) is 5.69 Å². The van der Waals surface area contributed by atoms with Crippen molar-refractivity contribution in [2.75, 3.05) is 11.9 Å². The molecule has 0 atom stereocenters. The first kappa shape index (κ1) is 26.2. The van der Waals surface area contributed by atoms with Crippen LogP contribution in [0.2, 0.25) is 0 Å². The van der Waals surface area contributed by atoms with Crippen LogP contribution in [-0.2, 0) is 11.2 Å². The maximum Gasteiger partial charge on any atom is 0.303 e. The number of H-pyrrole nitrogens is 1. The first-order valence-corrected chi connectivity index (χ1v) is 12.0. The van der Waals surface area contributed by atoms with E-state index in [1.54, 1.807) is 18.6 Å². The molecule has 0 saturated carbocycles. The number of nitrogens with two attached hydrogens (primary N) is 1. The van der Waals surface area contributed by atoms with Gasteiger partial charge in [0, 0.05) is 36.3 Å². The van der Waals surface area contributed by atoms with E-state index in [2.05, 4.69) is 32.2 Å². The summed E-state index contributed by atoms with van der Waals surface area (Å²) in [5.74, 6) is -1.21. The number of aliphatic imine (C=N–C) groups is 1. The number of carbonyl (C=O) groups is 2. The zero-order valence-electron chi connectivity index (χ0n) is 20.9. The summed E-state index contributed by atoms with van der Waals surface area (Å²) in [6.45, 7) is 5.77. The highest BCUT2D eigenvalue weighted by Gasteiger charge is 2.16. The molecule has 2 heterocycles. The van der Waals surface area contributed by atoms with E-state index in [9.17, 15) is 9.59 Å². The van der Waals surface area contributed by atoms with E-state index < -0.39 is 5.97 Å². The van der Waals surface area contributed by atoms with Gasteiger partial charge >= 0.3 is 5.97 Å². The molecule has 4 aromatic rings. The minimum atomic E-state index is -0.840. The molecule has 1 amide bonds. The number of anilines is 1. The minimum absolute atomic E-state index is 0.0589. The largest absolute Gasteiger partial charge is 0.481 e. The number of aryl methyl sites for hydroxylation is 1. The average molecular weight is 509 g/mol. The van der Waals surface area contributed by atoms with Gasteiger partial charge in [0.2, 0.25) is 0 Å². The molecule has 0 aliphatic carbocycles. The van der Waals surface area contributed by atoms with Crippen LogP contribution >= 0.6 is 0 Å². The Bertz CT molecular complexity index is 1570.